The van der Waals surface area contributed by atoms with Gasteiger partial charge in [0.2, 0.25) is 17.7 Å². The molecule has 1 aliphatic heterocycles. The third-order valence-corrected chi connectivity index (χ3v) is 5.97. The number of carbonyl (C=O) groups is 4. The first-order valence-corrected chi connectivity index (χ1v) is 11.9. The highest BCUT2D eigenvalue weighted by Crippen LogP contribution is 2.21. The molecular formula is C22H37N9O5. The van der Waals surface area contributed by atoms with Gasteiger partial charge in [0.25, 0.3) is 0 Å². The van der Waals surface area contributed by atoms with Crippen LogP contribution < -0.4 is 27.8 Å². The van der Waals surface area contributed by atoms with Crippen molar-refractivity contribution in [3.05, 3.63) is 18.2 Å². The molecule has 1 aromatic rings. The smallest absolute Gasteiger partial charge is 0.326 e. The Hall–Kier alpha value is -3.68. The SMILES string of the molecule is CC(C)C(NC(=O)C(N)CCCN=C(N)N)C(=O)N1CCCC1C(=O)NC(Cc1cnc[nH]1)C(=O)O. The molecule has 3 amide bonds. The molecular weight excluding hydrogens is 470 g/mol. The minimum atomic E-state index is -1.20. The second kappa shape index (κ2) is 13.4. The average molecular weight is 508 g/mol. The number of rotatable bonds is 13. The summed E-state index contributed by atoms with van der Waals surface area (Å²) in [5.41, 5.74) is 17.1. The maximum Gasteiger partial charge on any atom is 0.326 e. The third kappa shape index (κ3) is 8.22. The molecule has 0 radical (unpaired) electrons. The molecule has 2 heterocycles. The number of nitrogens with zero attached hydrogens (tertiary/aromatic N) is 3. The first-order valence-electron chi connectivity index (χ1n) is 11.9. The lowest BCUT2D eigenvalue weighted by atomic mass is 10.0. The summed E-state index contributed by atoms with van der Waals surface area (Å²) >= 11 is 0. The number of aliphatic imine (C=N–C) groups is 1. The Morgan fingerprint density at radius 1 is 1.28 bits per heavy atom. The number of aromatic nitrogens is 2. The largest absolute Gasteiger partial charge is 0.480 e. The van der Waals surface area contributed by atoms with Crippen LogP contribution in [-0.4, -0.2) is 86.9 Å². The molecule has 0 bridgehead atoms. The van der Waals surface area contributed by atoms with Crippen molar-refractivity contribution in [1.29, 1.82) is 0 Å². The minimum Gasteiger partial charge on any atom is -0.480 e. The molecule has 0 aromatic carbocycles. The quantitative estimate of drug-likeness (QED) is 0.0889. The van der Waals surface area contributed by atoms with Crippen molar-refractivity contribution in [3.63, 3.8) is 0 Å². The summed E-state index contributed by atoms with van der Waals surface area (Å²) in [5, 5.41) is 14.8. The van der Waals surface area contributed by atoms with Gasteiger partial charge in [-0.3, -0.25) is 19.4 Å². The molecule has 36 heavy (non-hydrogen) atoms. The Bertz CT molecular complexity index is 930. The van der Waals surface area contributed by atoms with Crippen molar-refractivity contribution >= 4 is 29.7 Å². The summed E-state index contributed by atoms with van der Waals surface area (Å²) in [5.74, 6) is -2.97. The molecule has 4 atom stereocenters. The van der Waals surface area contributed by atoms with E-state index in [9.17, 15) is 24.3 Å². The highest BCUT2D eigenvalue weighted by molar-refractivity contribution is 5.94. The van der Waals surface area contributed by atoms with Gasteiger partial charge >= 0.3 is 5.97 Å². The molecule has 0 spiro atoms. The summed E-state index contributed by atoms with van der Waals surface area (Å²) in [4.78, 5) is 62.6. The number of aliphatic carboxylic acids is 1. The highest BCUT2D eigenvalue weighted by Gasteiger charge is 2.40. The molecule has 1 fully saturated rings. The number of carboxylic acid groups (broad SMARTS) is 1. The molecule has 14 nitrogen and oxygen atoms in total. The van der Waals surface area contributed by atoms with Crippen LogP contribution in [0.15, 0.2) is 17.5 Å². The molecule has 1 aliphatic rings. The van der Waals surface area contributed by atoms with Gasteiger partial charge in [-0.2, -0.15) is 0 Å². The van der Waals surface area contributed by atoms with Crippen molar-refractivity contribution in [2.75, 3.05) is 13.1 Å². The van der Waals surface area contributed by atoms with Gasteiger partial charge in [-0.05, 0) is 31.6 Å². The van der Waals surface area contributed by atoms with Gasteiger partial charge in [-0.25, -0.2) is 9.78 Å². The van der Waals surface area contributed by atoms with E-state index in [-0.39, 0.29) is 18.3 Å². The van der Waals surface area contributed by atoms with E-state index in [1.54, 1.807) is 13.8 Å². The van der Waals surface area contributed by atoms with Crippen molar-refractivity contribution < 1.29 is 24.3 Å². The van der Waals surface area contributed by atoms with Gasteiger partial charge in [-0.1, -0.05) is 13.8 Å². The standard InChI is InChI=1S/C22H37N9O5/c1-12(2)17(30-18(32)14(23)5-3-7-27-22(24)25)20(34)31-8-4-6-16(31)19(33)29-15(21(35)36)9-13-10-26-11-28-13/h10-12,14-17H,3-9,23H2,1-2H3,(H,26,28)(H,29,33)(H,30,32)(H,35,36)(H4,24,25,27). The van der Waals surface area contributed by atoms with Crippen LogP contribution in [-0.2, 0) is 25.6 Å². The van der Waals surface area contributed by atoms with E-state index in [2.05, 4.69) is 25.6 Å². The van der Waals surface area contributed by atoms with Crippen LogP contribution in [0.5, 0.6) is 0 Å². The first-order chi connectivity index (χ1) is 17.0. The Morgan fingerprint density at radius 3 is 2.58 bits per heavy atom. The number of nitrogens with two attached hydrogens (primary N) is 3. The summed E-state index contributed by atoms with van der Waals surface area (Å²) in [6.45, 7) is 4.21. The van der Waals surface area contributed by atoms with E-state index in [1.807, 2.05) is 0 Å². The number of H-pyrrole nitrogens is 1. The van der Waals surface area contributed by atoms with Crippen LogP contribution in [0, 0.1) is 5.92 Å². The fraction of sp³-hybridized carbons (Fsp3) is 0.636. The molecule has 0 aliphatic carbocycles. The summed E-state index contributed by atoms with van der Waals surface area (Å²) in [6.07, 6.45) is 4.70. The van der Waals surface area contributed by atoms with Gasteiger partial charge < -0.3 is 42.8 Å². The van der Waals surface area contributed by atoms with E-state index in [4.69, 9.17) is 17.2 Å². The van der Waals surface area contributed by atoms with E-state index in [0.29, 0.717) is 44.5 Å². The maximum absolute atomic E-state index is 13.4. The Kier molecular flexibility index (Phi) is 10.6. The average Bonchev–Trinajstić information content (AvgIpc) is 3.50. The summed E-state index contributed by atoms with van der Waals surface area (Å²) < 4.78 is 0. The predicted molar refractivity (Wildman–Crippen MR) is 131 cm³/mol. The number of hydrogen-bond donors (Lipinski definition) is 7. The number of guanidine groups is 1. The lowest BCUT2D eigenvalue weighted by Crippen LogP contribution is -2.58. The first kappa shape index (κ1) is 28.6. The molecule has 1 saturated heterocycles. The number of carbonyl (C=O) groups excluding carboxylic acids is 3. The molecule has 200 valence electrons. The normalized spacial score (nSPS) is 17.8. The Labute approximate surface area is 209 Å². The van der Waals surface area contributed by atoms with Gasteiger partial charge in [0.05, 0.1) is 12.4 Å². The number of hydrogen-bond acceptors (Lipinski definition) is 7. The minimum absolute atomic E-state index is 0.0213. The van der Waals surface area contributed by atoms with Gasteiger partial charge in [0.1, 0.15) is 18.1 Å². The maximum atomic E-state index is 13.4. The van der Waals surface area contributed by atoms with Crippen LogP contribution in [0.2, 0.25) is 0 Å². The molecule has 2 rings (SSSR count). The van der Waals surface area contributed by atoms with Crippen molar-refractivity contribution in [3.8, 4) is 0 Å². The topological polar surface area (TPSA) is 235 Å². The van der Waals surface area contributed by atoms with Crippen LogP contribution in [0.3, 0.4) is 0 Å². The zero-order valence-electron chi connectivity index (χ0n) is 20.6. The van der Waals surface area contributed by atoms with Crippen molar-refractivity contribution in [1.82, 2.24) is 25.5 Å². The number of nitrogens with one attached hydrogen (secondary N) is 3. The second-order valence-corrected chi connectivity index (χ2v) is 9.16. The molecule has 10 N–H and O–H groups in total. The van der Waals surface area contributed by atoms with Crippen molar-refractivity contribution in [2.24, 2.45) is 28.1 Å². The van der Waals surface area contributed by atoms with E-state index in [1.165, 1.54) is 17.4 Å². The number of imidazole rings is 1. The van der Waals surface area contributed by atoms with Crippen molar-refractivity contribution in [2.45, 2.75) is 70.1 Å². The lowest BCUT2D eigenvalue weighted by Gasteiger charge is -2.31. The Morgan fingerprint density at radius 2 is 2.00 bits per heavy atom. The highest BCUT2D eigenvalue weighted by atomic mass is 16.4. The van der Waals surface area contributed by atoms with Crippen LogP contribution in [0.25, 0.3) is 0 Å². The number of carboxylic acids is 1. The van der Waals surface area contributed by atoms with E-state index in [0.717, 1.165) is 0 Å². The zero-order chi connectivity index (χ0) is 26.8. The van der Waals surface area contributed by atoms with Gasteiger partial charge in [-0.15, -0.1) is 0 Å². The summed E-state index contributed by atoms with van der Waals surface area (Å²) in [6, 6.07) is -3.78. The van der Waals surface area contributed by atoms with E-state index < -0.39 is 47.9 Å². The van der Waals surface area contributed by atoms with Crippen LogP contribution >= 0.6 is 0 Å². The van der Waals surface area contributed by atoms with E-state index >= 15 is 0 Å². The molecule has 0 saturated carbocycles. The Balaban J connectivity index is 2.02. The fourth-order valence-corrected chi connectivity index (χ4v) is 3.99. The van der Waals surface area contributed by atoms with Gasteiger partial charge in [0, 0.05) is 31.4 Å². The van der Waals surface area contributed by atoms with Crippen LogP contribution in [0.4, 0.5) is 0 Å². The van der Waals surface area contributed by atoms with Gasteiger partial charge in [0.15, 0.2) is 5.96 Å². The number of amides is 3. The predicted octanol–water partition coefficient (Wildman–Crippen LogP) is -1.97. The molecule has 4 unspecified atom stereocenters. The number of likely N-dealkylation sites (tertiary alicyclic amines) is 1. The van der Waals surface area contributed by atoms with Crippen LogP contribution in [0.1, 0.15) is 45.2 Å². The fourth-order valence-electron chi connectivity index (χ4n) is 3.99. The second-order valence-electron chi connectivity index (χ2n) is 9.16. The zero-order valence-corrected chi connectivity index (χ0v) is 20.6. The lowest BCUT2D eigenvalue weighted by molar-refractivity contribution is -0.145. The summed E-state index contributed by atoms with van der Waals surface area (Å²) in [7, 11) is 0. The molecule has 1 aromatic heterocycles. The number of aromatic amines is 1. The monoisotopic (exact) mass is 507 g/mol. The third-order valence-electron chi connectivity index (χ3n) is 5.97. The molecule has 14 heteroatoms.